The van der Waals surface area contributed by atoms with E-state index in [2.05, 4.69) is 15.9 Å². The molecule has 0 aliphatic rings. The lowest BCUT2D eigenvalue weighted by Crippen LogP contribution is -1.98. The summed E-state index contributed by atoms with van der Waals surface area (Å²) in [6, 6.07) is 4.52. The summed E-state index contributed by atoms with van der Waals surface area (Å²) in [5.74, 6) is -1.03. The number of carbonyl (C=O) groups is 1. The van der Waals surface area contributed by atoms with Crippen LogP contribution in [0.15, 0.2) is 16.6 Å². The highest BCUT2D eigenvalue weighted by Crippen LogP contribution is 2.23. The van der Waals surface area contributed by atoms with Crippen LogP contribution in [0.1, 0.15) is 22.8 Å². The van der Waals surface area contributed by atoms with Crippen molar-refractivity contribution in [1.29, 1.82) is 5.26 Å². The van der Waals surface area contributed by atoms with Crippen molar-refractivity contribution in [2.75, 3.05) is 0 Å². The Labute approximate surface area is 83.1 Å². The predicted octanol–water partition coefficient (Wildman–Crippen LogP) is 2.66. The summed E-state index contributed by atoms with van der Waals surface area (Å²) in [5.41, 5.74) is 0.174. The Balaban J connectivity index is 3.42. The molecule has 0 aromatic heterocycles. The van der Waals surface area contributed by atoms with Gasteiger partial charge in [-0.15, -0.1) is 0 Å². The lowest BCUT2D eigenvalue weighted by Gasteiger charge is -2.01. The topological polar surface area (TPSA) is 40.9 Å². The van der Waals surface area contributed by atoms with Crippen LogP contribution in [0.2, 0.25) is 0 Å². The number of rotatable bonds is 1. The highest BCUT2D eigenvalue weighted by molar-refractivity contribution is 9.10. The van der Waals surface area contributed by atoms with Gasteiger partial charge in [0.15, 0.2) is 5.78 Å². The second-order valence-electron chi connectivity index (χ2n) is 2.46. The van der Waals surface area contributed by atoms with Gasteiger partial charge in [-0.05, 0) is 35.0 Å². The Hall–Kier alpha value is -1.21. The molecule has 1 aromatic carbocycles. The van der Waals surface area contributed by atoms with Crippen LogP contribution in [0.25, 0.3) is 0 Å². The van der Waals surface area contributed by atoms with E-state index in [9.17, 15) is 9.18 Å². The maximum absolute atomic E-state index is 13.3. The van der Waals surface area contributed by atoms with Crippen LogP contribution in [0.5, 0.6) is 0 Å². The van der Waals surface area contributed by atoms with Crippen molar-refractivity contribution < 1.29 is 9.18 Å². The van der Waals surface area contributed by atoms with Crippen LogP contribution >= 0.6 is 15.9 Å². The lowest BCUT2D eigenvalue weighted by molar-refractivity contribution is 0.101. The smallest absolute Gasteiger partial charge is 0.162 e. The number of hydrogen-bond donors (Lipinski definition) is 0. The van der Waals surface area contributed by atoms with Gasteiger partial charge in [0.05, 0.1) is 15.6 Å². The second-order valence-corrected chi connectivity index (χ2v) is 3.25. The number of nitrogens with zero attached hydrogens (tertiary/aromatic N) is 1. The van der Waals surface area contributed by atoms with Crippen molar-refractivity contribution in [1.82, 2.24) is 0 Å². The summed E-state index contributed by atoms with van der Waals surface area (Å²) < 4.78 is 13.3. The molecule has 0 spiro atoms. The summed E-state index contributed by atoms with van der Waals surface area (Å²) in [6.07, 6.45) is 0. The molecular weight excluding hydrogens is 237 g/mol. The fourth-order valence-corrected chi connectivity index (χ4v) is 1.34. The molecule has 1 rings (SSSR count). The average molecular weight is 242 g/mol. The fourth-order valence-electron chi connectivity index (χ4n) is 0.908. The quantitative estimate of drug-likeness (QED) is 0.710. The third-order valence-electron chi connectivity index (χ3n) is 1.58. The van der Waals surface area contributed by atoms with Gasteiger partial charge in [-0.2, -0.15) is 5.26 Å². The molecule has 0 amide bonds. The largest absolute Gasteiger partial charge is 0.294 e. The zero-order chi connectivity index (χ0) is 10.0. The average Bonchev–Trinajstić information content (AvgIpc) is 2.09. The molecule has 0 bridgehead atoms. The van der Waals surface area contributed by atoms with E-state index < -0.39 is 5.82 Å². The summed E-state index contributed by atoms with van der Waals surface area (Å²) in [5, 5.41) is 8.54. The van der Waals surface area contributed by atoms with Crippen LogP contribution in [0, 0.1) is 17.1 Å². The van der Waals surface area contributed by atoms with Crippen molar-refractivity contribution >= 4 is 21.7 Å². The summed E-state index contributed by atoms with van der Waals surface area (Å²) >= 11 is 2.91. The number of hydrogen-bond acceptors (Lipinski definition) is 2. The maximum Gasteiger partial charge on any atom is 0.162 e. The first-order valence-electron chi connectivity index (χ1n) is 3.47. The Morgan fingerprint density at radius 3 is 2.69 bits per heavy atom. The van der Waals surface area contributed by atoms with E-state index in [0.717, 1.165) is 0 Å². The molecule has 0 saturated carbocycles. The van der Waals surface area contributed by atoms with Gasteiger partial charge in [-0.25, -0.2) is 4.39 Å². The second kappa shape index (κ2) is 3.67. The molecule has 0 aliphatic heterocycles. The van der Waals surface area contributed by atoms with Crippen molar-refractivity contribution in [3.63, 3.8) is 0 Å². The number of halogens is 2. The van der Waals surface area contributed by atoms with Crippen molar-refractivity contribution in [3.05, 3.63) is 33.5 Å². The first-order valence-corrected chi connectivity index (χ1v) is 4.26. The molecule has 2 nitrogen and oxygen atoms in total. The standard InChI is InChI=1S/C9H5BrFNO/c1-5(13)7-3-2-6(4-12)8(10)9(7)11/h2-3H,1H3. The Bertz CT molecular complexity index is 409. The molecule has 0 N–H and O–H groups in total. The molecule has 66 valence electrons. The van der Waals surface area contributed by atoms with Gasteiger partial charge in [-0.3, -0.25) is 4.79 Å². The third kappa shape index (κ3) is 1.76. The molecule has 0 unspecified atom stereocenters. The summed E-state index contributed by atoms with van der Waals surface area (Å²) in [6.45, 7) is 1.27. The molecule has 0 heterocycles. The number of Topliss-reactive ketones (excluding diaryl/α,β-unsaturated/α-hetero) is 1. The normalized spacial score (nSPS) is 9.38. The molecule has 0 radical (unpaired) electrons. The van der Waals surface area contributed by atoms with Crippen LogP contribution < -0.4 is 0 Å². The van der Waals surface area contributed by atoms with E-state index in [1.54, 1.807) is 6.07 Å². The number of carbonyl (C=O) groups excluding carboxylic acids is 1. The molecule has 0 atom stereocenters. The van der Waals surface area contributed by atoms with Crippen LogP contribution in [0.4, 0.5) is 4.39 Å². The highest BCUT2D eigenvalue weighted by atomic mass is 79.9. The zero-order valence-electron chi connectivity index (χ0n) is 6.77. The minimum atomic E-state index is -0.674. The van der Waals surface area contributed by atoms with Gasteiger partial charge in [-0.1, -0.05) is 0 Å². The van der Waals surface area contributed by atoms with Crippen LogP contribution in [0.3, 0.4) is 0 Å². The summed E-state index contributed by atoms with van der Waals surface area (Å²) in [4.78, 5) is 10.9. The highest BCUT2D eigenvalue weighted by Gasteiger charge is 2.13. The van der Waals surface area contributed by atoms with E-state index in [0.29, 0.717) is 0 Å². The van der Waals surface area contributed by atoms with E-state index in [1.807, 2.05) is 0 Å². The zero-order valence-corrected chi connectivity index (χ0v) is 8.35. The molecule has 0 aliphatic carbocycles. The maximum atomic E-state index is 13.3. The van der Waals surface area contributed by atoms with Crippen LogP contribution in [-0.4, -0.2) is 5.78 Å². The monoisotopic (exact) mass is 241 g/mol. The SMILES string of the molecule is CC(=O)c1ccc(C#N)c(Br)c1F. The predicted molar refractivity (Wildman–Crippen MR) is 48.8 cm³/mol. The minimum Gasteiger partial charge on any atom is -0.294 e. The van der Waals surface area contributed by atoms with Gasteiger partial charge >= 0.3 is 0 Å². The lowest BCUT2D eigenvalue weighted by atomic mass is 10.1. The Morgan fingerprint density at radius 1 is 1.62 bits per heavy atom. The van der Waals surface area contributed by atoms with E-state index in [1.165, 1.54) is 19.1 Å². The molecule has 13 heavy (non-hydrogen) atoms. The van der Waals surface area contributed by atoms with Crippen molar-refractivity contribution in [2.24, 2.45) is 0 Å². The third-order valence-corrected chi connectivity index (χ3v) is 2.36. The van der Waals surface area contributed by atoms with Crippen LogP contribution in [-0.2, 0) is 0 Å². The molecule has 4 heteroatoms. The number of nitriles is 1. The fraction of sp³-hybridized carbons (Fsp3) is 0.111. The minimum absolute atomic E-state index is 0.00845. The first kappa shape index (κ1) is 9.87. The van der Waals surface area contributed by atoms with Gasteiger partial charge in [0.25, 0.3) is 0 Å². The Kier molecular flexibility index (Phi) is 2.79. The molecule has 0 fully saturated rings. The van der Waals surface area contributed by atoms with E-state index >= 15 is 0 Å². The van der Waals surface area contributed by atoms with Crippen molar-refractivity contribution in [3.8, 4) is 6.07 Å². The van der Waals surface area contributed by atoms with E-state index in [-0.39, 0.29) is 21.4 Å². The van der Waals surface area contributed by atoms with Gasteiger partial charge in [0.1, 0.15) is 11.9 Å². The first-order chi connectivity index (χ1) is 6.07. The molecule has 1 aromatic rings. The van der Waals surface area contributed by atoms with E-state index in [4.69, 9.17) is 5.26 Å². The summed E-state index contributed by atoms with van der Waals surface area (Å²) in [7, 11) is 0. The van der Waals surface area contributed by atoms with Gasteiger partial charge < -0.3 is 0 Å². The molecular formula is C9H5BrFNO. The molecule has 0 saturated heterocycles. The van der Waals surface area contributed by atoms with Gasteiger partial charge in [0.2, 0.25) is 0 Å². The van der Waals surface area contributed by atoms with Crippen molar-refractivity contribution in [2.45, 2.75) is 6.92 Å². The number of ketones is 1. The van der Waals surface area contributed by atoms with Gasteiger partial charge in [0, 0.05) is 0 Å². The number of benzene rings is 1. The Morgan fingerprint density at radius 2 is 2.23 bits per heavy atom.